The van der Waals surface area contributed by atoms with Crippen LogP contribution in [0.1, 0.15) is 24.8 Å². The first-order valence-corrected chi connectivity index (χ1v) is 11.2. The summed E-state index contributed by atoms with van der Waals surface area (Å²) < 4.78 is 1.05. The lowest BCUT2D eigenvalue weighted by atomic mass is 10.2. The van der Waals surface area contributed by atoms with Crippen LogP contribution in [0.4, 0.5) is 10.5 Å². The molecule has 0 bridgehead atoms. The molecule has 1 fully saturated rings. The van der Waals surface area contributed by atoms with Crippen molar-refractivity contribution in [3.8, 4) is 0 Å². The highest BCUT2D eigenvalue weighted by Crippen LogP contribution is 2.21. The summed E-state index contributed by atoms with van der Waals surface area (Å²) in [7, 11) is 0. The van der Waals surface area contributed by atoms with Crippen LogP contribution in [0.25, 0.3) is 0 Å². The number of likely N-dealkylation sites (tertiary alicyclic amines) is 1. The molecule has 0 aliphatic carbocycles. The first-order valence-electron chi connectivity index (χ1n) is 9.40. The maximum absolute atomic E-state index is 12.2. The Morgan fingerprint density at radius 1 is 1.07 bits per heavy atom. The van der Waals surface area contributed by atoms with Gasteiger partial charge in [0.25, 0.3) is 0 Å². The molecule has 1 saturated heterocycles. The van der Waals surface area contributed by atoms with Gasteiger partial charge in [-0.15, -0.1) is 11.8 Å². The number of rotatable bonds is 7. The van der Waals surface area contributed by atoms with Gasteiger partial charge in [-0.25, -0.2) is 4.79 Å². The highest BCUT2D eigenvalue weighted by molar-refractivity contribution is 9.10. The fourth-order valence-electron chi connectivity index (χ4n) is 2.96. The van der Waals surface area contributed by atoms with Gasteiger partial charge in [-0.3, -0.25) is 4.79 Å². The van der Waals surface area contributed by atoms with Crippen LogP contribution in [0.15, 0.2) is 57.9 Å². The summed E-state index contributed by atoms with van der Waals surface area (Å²) in [6.45, 7) is 2.09. The second-order valence-corrected chi connectivity index (χ2v) is 8.74. The van der Waals surface area contributed by atoms with Gasteiger partial charge in [-0.05, 0) is 54.8 Å². The molecule has 2 aromatic rings. The Hall–Kier alpha value is -1.99. The number of carbonyl (C=O) groups is 2. The number of anilines is 1. The lowest BCUT2D eigenvalue weighted by molar-refractivity contribution is -0.120. The Bertz CT molecular complexity index is 808. The van der Waals surface area contributed by atoms with Crippen molar-refractivity contribution in [3.63, 3.8) is 0 Å². The van der Waals surface area contributed by atoms with E-state index in [1.807, 2.05) is 53.4 Å². The van der Waals surface area contributed by atoms with E-state index < -0.39 is 0 Å². The molecule has 28 heavy (non-hydrogen) atoms. The van der Waals surface area contributed by atoms with E-state index in [0.29, 0.717) is 13.0 Å². The molecule has 148 valence electrons. The Kier molecular flexibility index (Phi) is 7.80. The van der Waals surface area contributed by atoms with Crippen LogP contribution < -0.4 is 10.6 Å². The van der Waals surface area contributed by atoms with Crippen LogP contribution in [0.2, 0.25) is 0 Å². The summed E-state index contributed by atoms with van der Waals surface area (Å²) >= 11 is 5.08. The molecule has 0 unspecified atom stereocenters. The zero-order valence-electron chi connectivity index (χ0n) is 15.6. The Balaban J connectivity index is 1.40. The first kappa shape index (κ1) is 20.7. The van der Waals surface area contributed by atoms with Gasteiger partial charge in [0, 0.05) is 46.9 Å². The third-order valence-electron chi connectivity index (χ3n) is 4.47. The number of carbonyl (C=O) groups excluding carboxylic acids is 2. The zero-order valence-corrected chi connectivity index (χ0v) is 18.0. The predicted molar refractivity (Wildman–Crippen MR) is 118 cm³/mol. The third-order valence-corrected chi connectivity index (χ3v) is 6.02. The van der Waals surface area contributed by atoms with Crippen LogP contribution in [-0.2, 0) is 11.3 Å². The van der Waals surface area contributed by atoms with E-state index in [9.17, 15) is 9.59 Å². The summed E-state index contributed by atoms with van der Waals surface area (Å²) in [6, 6.07) is 15.6. The highest BCUT2D eigenvalue weighted by Gasteiger charge is 2.17. The fraction of sp³-hybridized carbons (Fsp3) is 0.333. The number of benzene rings is 2. The minimum atomic E-state index is -0.0522. The van der Waals surface area contributed by atoms with Crippen molar-refractivity contribution in [1.82, 2.24) is 10.2 Å². The molecule has 0 aromatic heterocycles. The van der Waals surface area contributed by atoms with E-state index in [-0.39, 0.29) is 11.9 Å². The highest BCUT2D eigenvalue weighted by atomic mass is 79.9. The molecule has 3 amide bonds. The van der Waals surface area contributed by atoms with Crippen molar-refractivity contribution in [2.24, 2.45) is 0 Å². The molecule has 1 aliphatic rings. The molecule has 5 nitrogen and oxygen atoms in total. The fourth-order valence-corrected chi connectivity index (χ4v) is 4.08. The van der Waals surface area contributed by atoms with E-state index in [0.717, 1.165) is 52.3 Å². The van der Waals surface area contributed by atoms with Crippen LogP contribution in [0.3, 0.4) is 0 Å². The quantitative estimate of drug-likeness (QED) is 0.577. The zero-order chi connectivity index (χ0) is 19.8. The maximum Gasteiger partial charge on any atom is 0.321 e. The molecular weight excluding hydrogens is 438 g/mol. The third kappa shape index (κ3) is 6.56. The second kappa shape index (κ2) is 10.5. The monoisotopic (exact) mass is 461 g/mol. The largest absolute Gasteiger partial charge is 0.352 e. The lowest BCUT2D eigenvalue weighted by Gasteiger charge is -2.16. The molecule has 0 saturated carbocycles. The normalized spacial score (nSPS) is 13.4. The van der Waals surface area contributed by atoms with Gasteiger partial charge >= 0.3 is 6.03 Å². The van der Waals surface area contributed by atoms with Crippen LogP contribution in [-0.4, -0.2) is 35.7 Å². The molecule has 1 aliphatic heterocycles. The number of nitrogens with zero attached hydrogens (tertiary/aromatic N) is 1. The van der Waals surface area contributed by atoms with Gasteiger partial charge in [0.05, 0.1) is 0 Å². The van der Waals surface area contributed by atoms with Gasteiger partial charge in [0.2, 0.25) is 5.91 Å². The summed E-state index contributed by atoms with van der Waals surface area (Å²) in [5.74, 6) is 0.760. The molecule has 0 atom stereocenters. The molecule has 2 aromatic carbocycles. The second-order valence-electron chi connectivity index (χ2n) is 6.65. The smallest absolute Gasteiger partial charge is 0.321 e. The average Bonchev–Trinajstić information content (AvgIpc) is 3.23. The van der Waals surface area contributed by atoms with Gasteiger partial charge in [0.15, 0.2) is 0 Å². The lowest BCUT2D eigenvalue weighted by Crippen LogP contribution is -2.32. The van der Waals surface area contributed by atoms with Gasteiger partial charge in [0.1, 0.15) is 0 Å². The number of nitrogens with one attached hydrogen (secondary N) is 2. The predicted octanol–water partition coefficient (Wildman–Crippen LogP) is 4.88. The molecule has 3 rings (SSSR count). The van der Waals surface area contributed by atoms with Gasteiger partial charge in [-0.1, -0.05) is 28.1 Å². The molecule has 7 heteroatoms. The summed E-state index contributed by atoms with van der Waals surface area (Å²) in [4.78, 5) is 27.3. The van der Waals surface area contributed by atoms with Crippen LogP contribution in [0, 0.1) is 0 Å². The van der Waals surface area contributed by atoms with E-state index in [4.69, 9.17) is 0 Å². The Morgan fingerprint density at radius 2 is 1.82 bits per heavy atom. The van der Waals surface area contributed by atoms with Crippen molar-refractivity contribution >= 4 is 45.3 Å². The Labute approximate surface area is 178 Å². The molecule has 1 heterocycles. The number of hydrogen-bond acceptors (Lipinski definition) is 3. The summed E-state index contributed by atoms with van der Waals surface area (Å²) in [5.41, 5.74) is 1.72. The number of hydrogen-bond donors (Lipinski definition) is 2. The standard InChI is InChI=1S/C21H24BrN3O2S/c22-17-6-8-19(9-7-17)28-13-10-20(26)23-15-16-4-3-5-18(14-16)24-21(27)25-11-1-2-12-25/h3-9,14H,1-2,10-13,15H2,(H,23,26)(H,24,27). The van der Waals surface area contributed by atoms with Crippen molar-refractivity contribution < 1.29 is 9.59 Å². The topological polar surface area (TPSA) is 61.4 Å². The van der Waals surface area contributed by atoms with Crippen LogP contribution in [0.5, 0.6) is 0 Å². The van der Waals surface area contributed by atoms with E-state index >= 15 is 0 Å². The number of amides is 3. The van der Waals surface area contributed by atoms with Crippen LogP contribution >= 0.6 is 27.7 Å². The summed E-state index contributed by atoms with van der Waals surface area (Å²) in [5, 5.41) is 5.88. The van der Waals surface area contributed by atoms with Crippen molar-refractivity contribution in [2.45, 2.75) is 30.7 Å². The van der Waals surface area contributed by atoms with Crippen molar-refractivity contribution in [2.75, 3.05) is 24.2 Å². The number of thioether (sulfide) groups is 1. The molecule has 0 radical (unpaired) electrons. The average molecular weight is 462 g/mol. The first-order chi connectivity index (χ1) is 13.6. The minimum Gasteiger partial charge on any atom is -0.352 e. The SMILES string of the molecule is O=C(CCSc1ccc(Br)cc1)NCc1cccc(NC(=O)N2CCCC2)c1. The maximum atomic E-state index is 12.2. The Morgan fingerprint density at radius 3 is 2.57 bits per heavy atom. The number of halogens is 1. The van der Waals surface area contributed by atoms with Crippen molar-refractivity contribution in [1.29, 1.82) is 0 Å². The van der Waals surface area contributed by atoms with Gasteiger partial charge < -0.3 is 15.5 Å². The molecular formula is C21H24BrN3O2S. The van der Waals surface area contributed by atoms with E-state index in [2.05, 4.69) is 26.6 Å². The minimum absolute atomic E-state index is 0.0242. The van der Waals surface area contributed by atoms with E-state index in [1.165, 1.54) is 0 Å². The summed E-state index contributed by atoms with van der Waals surface area (Å²) in [6.07, 6.45) is 2.60. The molecule has 2 N–H and O–H groups in total. The van der Waals surface area contributed by atoms with E-state index in [1.54, 1.807) is 11.8 Å². The number of urea groups is 1. The van der Waals surface area contributed by atoms with Crippen molar-refractivity contribution in [3.05, 3.63) is 58.6 Å². The van der Waals surface area contributed by atoms with Gasteiger partial charge in [-0.2, -0.15) is 0 Å². The molecule has 0 spiro atoms.